The molecule has 1 atom stereocenters. The molecule has 2 aromatic rings. The van der Waals surface area contributed by atoms with Gasteiger partial charge in [-0.25, -0.2) is 4.99 Å². The lowest BCUT2D eigenvalue weighted by molar-refractivity contribution is -0.137. The average molecular weight is 456 g/mol. The molecule has 164 valence electrons. The standard InChI is InChI=1S/C24H19F3N2O2S/c1-11-4-6-16-14(8-11)9-18(28-23-20(16)29-22(30)13(3)31-23)21-12(2)17-10-15(24(25,26)27)5-7-19(17)32-21/h5-10,13H,4H2,1-3H3,(H,29,30). The zero-order valence-electron chi connectivity index (χ0n) is 17.6. The third-order valence-corrected chi connectivity index (χ3v) is 7.04. The van der Waals surface area contributed by atoms with E-state index in [1.165, 1.54) is 23.5 Å². The number of carbonyl (C=O) groups excluding carboxylic acids is 1. The Morgan fingerprint density at radius 1 is 1.22 bits per heavy atom. The maximum atomic E-state index is 13.2. The Kier molecular flexibility index (Phi) is 4.67. The van der Waals surface area contributed by atoms with Crippen LogP contribution in [0.15, 0.2) is 69.7 Å². The van der Waals surface area contributed by atoms with E-state index < -0.39 is 17.8 Å². The molecule has 4 nitrogen and oxygen atoms in total. The molecule has 5 rings (SSSR count). The van der Waals surface area contributed by atoms with Crippen molar-refractivity contribution in [3.8, 4) is 0 Å². The summed E-state index contributed by atoms with van der Waals surface area (Å²) in [6.07, 6.45) is 1.62. The zero-order valence-corrected chi connectivity index (χ0v) is 18.4. The van der Waals surface area contributed by atoms with Gasteiger partial charge in [-0.3, -0.25) is 4.79 Å². The van der Waals surface area contributed by atoms with Crippen molar-refractivity contribution >= 4 is 33.0 Å². The van der Waals surface area contributed by atoms with Gasteiger partial charge in [0, 0.05) is 10.3 Å². The Labute approximate surface area is 186 Å². The molecule has 1 aromatic heterocycles. The van der Waals surface area contributed by atoms with Crippen molar-refractivity contribution in [2.75, 3.05) is 0 Å². The number of ether oxygens (including phenoxy) is 1. The highest BCUT2D eigenvalue weighted by Crippen LogP contribution is 2.39. The molecule has 0 saturated carbocycles. The van der Waals surface area contributed by atoms with E-state index in [0.717, 1.165) is 44.3 Å². The first-order chi connectivity index (χ1) is 15.1. The second-order valence-corrected chi connectivity index (χ2v) is 9.16. The number of fused-ring (bicyclic) bond motifs is 3. The second kappa shape index (κ2) is 7.20. The first kappa shape index (κ1) is 20.8. The van der Waals surface area contributed by atoms with Crippen molar-refractivity contribution in [2.24, 2.45) is 4.99 Å². The number of benzene rings is 1. The maximum absolute atomic E-state index is 13.2. The Balaban J connectivity index is 1.71. The van der Waals surface area contributed by atoms with E-state index in [1.54, 1.807) is 13.8 Å². The van der Waals surface area contributed by atoms with Crippen LogP contribution in [0.2, 0.25) is 0 Å². The normalized spacial score (nSPS) is 20.9. The van der Waals surface area contributed by atoms with Gasteiger partial charge in [0.25, 0.3) is 5.91 Å². The van der Waals surface area contributed by atoms with Gasteiger partial charge in [0.2, 0.25) is 5.88 Å². The Morgan fingerprint density at radius 2 is 2.00 bits per heavy atom. The van der Waals surface area contributed by atoms with Crippen molar-refractivity contribution < 1.29 is 22.7 Å². The Hall–Kier alpha value is -3.13. The summed E-state index contributed by atoms with van der Waals surface area (Å²) in [5, 5.41) is 3.46. The van der Waals surface area contributed by atoms with Gasteiger partial charge in [0.1, 0.15) is 5.70 Å². The number of carbonyl (C=O) groups is 1. The monoisotopic (exact) mass is 456 g/mol. The first-order valence-electron chi connectivity index (χ1n) is 10.1. The third-order valence-electron chi connectivity index (χ3n) is 5.74. The van der Waals surface area contributed by atoms with E-state index in [4.69, 9.17) is 9.73 Å². The fraction of sp³-hybridized carbons (Fsp3) is 0.250. The summed E-state index contributed by atoms with van der Waals surface area (Å²) in [7, 11) is 0. The summed E-state index contributed by atoms with van der Waals surface area (Å²) in [6, 6.07) is 3.80. The van der Waals surface area contributed by atoms with Gasteiger partial charge in [-0.1, -0.05) is 17.7 Å². The maximum Gasteiger partial charge on any atom is 0.416 e. The minimum Gasteiger partial charge on any atom is -0.463 e. The summed E-state index contributed by atoms with van der Waals surface area (Å²) in [6.45, 7) is 5.48. The SMILES string of the molecule is CC1=CC2=CC(c3sc4ccc(C(F)(F)F)cc4c3C)=NC3=C(NC(=O)C(C)O3)C2=CC1. The molecular weight excluding hydrogens is 437 g/mol. The van der Waals surface area contributed by atoms with Crippen molar-refractivity contribution in [2.45, 2.75) is 39.5 Å². The molecule has 0 bridgehead atoms. The van der Waals surface area contributed by atoms with Crippen LogP contribution in [-0.4, -0.2) is 17.7 Å². The third kappa shape index (κ3) is 3.39. The predicted molar refractivity (Wildman–Crippen MR) is 118 cm³/mol. The largest absolute Gasteiger partial charge is 0.463 e. The molecule has 3 heterocycles. The van der Waals surface area contributed by atoms with E-state index in [2.05, 4.69) is 5.32 Å². The van der Waals surface area contributed by atoms with Crippen molar-refractivity contribution in [3.05, 3.63) is 80.7 Å². The van der Waals surface area contributed by atoms with Crippen molar-refractivity contribution in [1.82, 2.24) is 5.32 Å². The lowest BCUT2D eigenvalue weighted by Gasteiger charge is -2.26. The van der Waals surface area contributed by atoms with E-state index in [-0.39, 0.29) is 5.91 Å². The molecular formula is C24H19F3N2O2S. The molecule has 32 heavy (non-hydrogen) atoms. The molecule has 0 spiro atoms. The topological polar surface area (TPSA) is 50.7 Å². The predicted octanol–water partition coefficient (Wildman–Crippen LogP) is 5.94. The Morgan fingerprint density at radius 3 is 2.75 bits per heavy atom. The van der Waals surface area contributed by atoms with Crippen LogP contribution >= 0.6 is 11.3 Å². The van der Waals surface area contributed by atoms with E-state index in [1.807, 2.05) is 25.2 Å². The highest BCUT2D eigenvalue weighted by atomic mass is 32.1. The molecule has 1 aromatic carbocycles. The minimum atomic E-state index is -4.40. The summed E-state index contributed by atoms with van der Waals surface area (Å²) >= 11 is 1.39. The van der Waals surface area contributed by atoms with Gasteiger partial charge in [-0.15, -0.1) is 11.3 Å². The molecule has 1 aliphatic carbocycles. The molecule has 0 fully saturated rings. The highest BCUT2D eigenvalue weighted by Gasteiger charge is 2.33. The zero-order chi connectivity index (χ0) is 22.8. The second-order valence-electron chi connectivity index (χ2n) is 8.10. The van der Waals surface area contributed by atoms with Crippen LogP contribution in [-0.2, 0) is 15.7 Å². The van der Waals surface area contributed by atoms with Crippen LogP contribution in [0.1, 0.15) is 36.3 Å². The van der Waals surface area contributed by atoms with Gasteiger partial charge in [0.05, 0.1) is 16.2 Å². The van der Waals surface area contributed by atoms with Crippen LogP contribution in [0, 0.1) is 6.92 Å². The molecule has 2 aliphatic heterocycles. The smallest absolute Gasteiger partial charge is 0.416 e. The van der Waals surface area contributed by atoms with Gasteiger partial charge in [-0.2, -0.15) is 13.2 Å². The number of amides is 1. The number of allylic oxidation sites excluding steroid dienone is 5. The van der Waals surface area contributed by atoms with E-state index >= 15 is 0 Å². The van der Waals surface area contributed by atoms with E-state index in [9.17, 15) is 18.0 Å². The fourth-order valence-corrected chi connectivity index (χ4v) is 5.17. The summed E-state index contributed by atoms with van der Waals surface area (Å²) < 4.78 is 46.3. The van der Waals surface area contributed by atoms with Crippen LogP contribution in [0.25, 0.3) is 10.1 Å². The molecule has 0 saturated heterocycles. The first-order valence-corrected chi connectivity index (χ1v) is 10.9. The number of halogens is 3. The average Bonchev–Trinajstić information content (AvgIpc) is 2.97. The van der Waals surface area contributed by atoms with Crippen LogP contribution in [0.4, 0.5) is 13.2 Å². The van der Waals surface area contributed by atoms with Gasteiger partial charge >= 0.3 is 6.18 Å². The number of alkyl halides is 3. The Bertz CT molecular complexity index is 1340. The number of aliphatic imine (C=N–C) groups is 1. The van der Waals surface area contributed by atoms with Crippen molar-refractivity contribution in [3.63, 3.8) is 0 Å². The molecule has 8 heteroatoms. The summed E-state index contributed by atoms with van der Waals surface area (Å²) in [5.41, 5.74) is 4.04. The number of hydrogen-bond acceptors (Lipinski definition) is 4. The fourth-order valence-electron chi connectivity index (χ4n) is 4.02. The van der Waals surface area contributed by atoms with Gasteiger partial charge in [-0.05, 0) is 68.0 Å². The highest BCUT2D eigenvalue weighted by molar-refractivity contribution is 7.21. The summed E-state index contributed by atoms with van der Waals surface area (Å²) in [5.74, 6) is 0.0667. The number of nitrogens with zero attached hydrogens (tertiary/aromatic N) is 1. The number of rotatable bonds is 1. The molecule has 1 unspecified atom stereocenters. The number of hydrogen-bond donors (Lipinski definition) is 1. The van der Waals surface area contributed by atoms with Crippen LogP contribution in [0.3, 0.4) is 0 Å². The lowest BCUT2D eigenvalue weighted by Crippen LogP contribution is -2.39. The van der Waals surface area contributed by atoms with Crippen LogP contribution < -0.4 is 5.32 Å². The molecule has 1 amide bonds. The number of aryl methyl sites for hydroxylation is 1. The van der Waals surface area contributed by atoms with Crippen LogP contribution in [0.5, 0.6) is 0 Å². The van der Waals surface area contributed by atoms with Gasteiger partial charge < -0.3 is 10.1 Å². The van der Waals surface area contributed by atoms with Gasteiger partial charge in [0.15, 0.2) is 6.10 Å². The molecule has 1 N–H and O–H groups in total. The molecule has 0 radical (unpaired) electrons. The minimum absolute atomic E-state index is 0.244. The van der Waals surface area contributed by atoms with E-state index in [0.29, 0.717) is 22.7 Å². The lowest BCUT2D eigenvalue weighted by atomic mass is 9.92. The number of nitrogens with one attached hydrogen (secondary N) is 1. The van der Waals surface area contributed by atoms with Crippen molar-refractivity contribution in [1.29, 1.82) is 0 Å². The quantitative estimate of drug-likeness (QED) is 0.578. The number of thiophene rings is 1. The summed E-state index contributed by atoms with van der Waals surface area (Å²) in [4.78, 5) is 17.8. The molecule has 3 aliphatic rings.